The highest BCUT2D eigenvalue weighted by Gasteiger charge is 2.45. The molecule has 0 spiro atoms. The summed E-state index contributed by atoms with van der Waals surface area (Å²) < 4.78 is 3.82. The van der Waals surface area contributed by atoms with Gasteiger partial charge >= 0.3 is 0 Å². The summed E-state index contributed by atoms with van der Waals surface area (Å²) in [5.41, 5.74) is 1.81. The summed E-state index contributed by atoms with van der Waals surface area (Å²) in [4.78, 5) is 51.0. The Morgan fingerprint density at radius 2 is 1.97 bits per heavy atom. The van der Waals surface area contributed by atoms with Crippen molar-refractivity contribution in [2.24, 2.45) is 0 Å². The summed E-state index contributed by atoms with van der Waals surface area (Å²) in [6.45, 7) is 5.42. The number of nitrogens with one attached hydrogen (secondary N) is 2. The van der Waals surface area contributed by atoms with Crippen LogP contribution in [0.1, 0.15) is 71.9 Å². The van der Waals surface area contributed by atoms with E-state index in [-0.39, 0.29) is 35.5 Å². The Balaban J connectivity index is 1.30. The van der Waals surface area contributed by atoms with E-state index < -0.39 is 29.7 Å². The summed E-state index contributed by atoms with van der Waals surface area (Å²) in [6.07, 6.45) is 5.77. The Bertz CT molecular complexity index is 1220. The molecular weight excluding hydrogens is 472 g/mol. The molecule has 2 fully saturated rings. The third kappa shape index (κ3) is 4.21. The molecule has 2 unspecified atom stereocenters. The van der Waals surface area contributed by atoms with E-state index in [0.717, 1.165) is 29.8 Å². The number of amides is 4. The van der Waals surface area contributed by atoms with Gasteiger partial charge in [-0.05, 0) is 57.0 Å². The number of carbonyl (C=O) groups is 4. The van der Waals surface area contributed by atoms with E-state index in [4.69, 9.17) is 11.8 Å². The summed E-state index contributed by atoms with van der Waals surface area (Å²) in [7, 11) is 0. The van der Waals surface area contributed by atoms with Crippen molar-refractivity contribution in [2.75, 3.05) is 11.9 Å². The van der Waals surface area contributed by atoms with Gasteiger partial charge in [0.25, 0.3) is 11.8 Å². The molecule has 2 saturated heterocycles. The number of hydrogen-bond acceptors (Lipinski definition) is 7. The molecule has 1 aromatic carbocycles. The number of aromatic nitrogens is 2. The van der Waals surface area contributed by atoms with Crippen LogP contribution in [0.5, 0.6) is 0 Å². The molecule has 2 aromatic rings. The lowest BCUT2D eigenvalue weighted by molar-refractivity contribution is -0.136. The van der Waals surface area contributed by atoms with E-state index in [1.807, 2.05) is 15.3 Å². The molecule has 10 nitrogen and oxygen atoms in total. The first-order valence-electron chi connectivity index (χ1n) is 11.7. The van der Waals surface area contributed by atoms with Crippen molar-refractivity contribution >= 4 is 41.1 Å². The maximum absolute atomic E-state index is 13.2. The predicted molar refractivity (Wildman–Crippen MR) is 128 cm³/mol. The minimum absolute atomic E-state index is 0.0833. The molecule has 0 radical (unpaired) electrons. The molecule has 11 heteroatoms. The van der Waals surface area contributed by atoms with Gasteiger partial charge in [-0.15, -0.1) is 0 Å². The molecule has 2 N–H and O–H groups in total. The second-order valence-electron chi connectivity index (χ2n) is 9.90. The van der Waals surface area contributed by atoms with Crippen LogP contribution in [0.3, 0.4) is 0 Å². The van der Waals surface area contributed by atoms with E-state index in [1.165, 1.54) is 0 Å². The summed E-state index contributed by atoms with van der Waals surface area (Å²) >= 11 is 6.33. The maximum Gasteiger partial charge on any atom is 0.264 e. The standard InChI is InChI=1S/C24H27ClN6O4/c1-24(2)10-15(8-9-30(24)25)29-13-14(12-27-29)11-26-17-5-3-4-16-20(17)23(35)31(22(16)34)18-6-7-19(32)28-21(18)33/h3-5,12-13,15,18,26H,6-11H2,1-2H3,(H,28,32,33). The van der Waals surface area contributed by atoms with Crippen molar-refractivity contribution in [1.82, 2.24) is 24.4 Å². The molecule has 4 amide bonds. The number of carbonyl (C=O) groups excluding carboxylic acids is 4. The molecule has 35 heavy (non-hydrogen) atoms. The topological polar surface area (TPSA) is 117 Å². The number of anilines is 1. The average molecular weight is 499 g/mol. The minimum atomic E-state index is -0.991. The number of rotatable bonds is 5. The molecule has 184 valence electrons. The predicted octanol–water partition coefficient (Wildman–Crippen LogP) is 2.47. The van der Waals surface area contributed by atoms with Crippen LogP contribution < -0.4 is 10.6 Å². The average Bonchev–Trinajstić information content (AvgIpc) is 3.38. The fourth-order valence-electron chi connectivity index (χ4n) is 5.10. The van der Waals surface area contributed by atoms with Crippen LogP contribution in [0, 0.1) is 0 Å². The smallest absolute Gasteiger partial charge is 0.264 e. The highest BCUT2D eigenvalue weighted by Crippen LogP contribution is 2.36. The highest BCUT2D eigenvalue weighted by atomic mass is 35.5. The normalized spacial score (nSPS) is 24.5. The molecule has 0 aliphatic carbocycles. The minimum Gasteiger partial charge on any atom is -0.380 e. The van der Waals surface area contributed by atoms with Crippen LogP contribution in [-0.4, -0.2) is 60.9 Å². The number of nitrogens with zero attached hydrogens (tertiary/aromatic N) is 4. The zero-order chi connectivity index (χ0) is 24.9. The van der Waals surface area contributed by atoms with Crippen molar-refractivity contribution in [1.29, 1.82) is 0 Å². The number of fused-ring (bicyclic) bond motifs is 1. The largest absolute Gasteiger partial charge is 0.380 e. The van der Waals surface area contributed by atoms with Gasteiger partial charge in [0, 0.05) is 42.5 Å². The Labute approximate surface area is 207 Å². The summed E-state index contributed by atoms with van der Waals surface area (Å²) in [5, 5.41) is 10.0. The zero-order valence-corrected chi connectivity index (χ0v) is 20.3. The maximum atomic E-state index is 13.2. The first-order chi connectivity index (χ1) is 16.7. The number of piperidine rings is 2. The van der Waals surface area contributed by atoms with Gasteiger partial charge in [-0.1, -0.05) is 6.07 Å². The number of benzene rings is 1. The quantitative estimate of drug-likeness (QED) is 0.480. The Hall–Kier alpha value is -3.24. The van der Waals surface area contributed by atoms with Crippen molar-refractivity contribution in [3.05, 3.63) is 47.3 Å². The van der Waals surface area contributed by atoms with Gasteiger partial charge in [-0.2, -0.15) is 5.10 Å². The van der Waals surface area contributed by atoms with E-state index in [1.54, 1.807) is 24.4 Å². The fourth-order valence-corrected chi connectivity index (χ4v) is 5.26. The third-order valence-electron chi connectivity index (χ3n) is 7.03. The van der Waals surface area contributed by atoms with E-state index in [0.29, 0.717) is 12.2 Å². The number of imide groups is 2. The van der Waals surface area contributed by atoms with Crippen LogP contribution in [0.25, 0.3) is 0 Å². The van der Waals surface area contributed by atoms with Gasteiger partial charge in [0.05, 0.1) is 23.4 Å². The van der Waals surface area contributed by atoms with Crippen LogP contribution in [0.15, 0.2) is 30.6 Å². The lowest BCUT2D eigenvalue weighted by Gasteiger charge is -2.41. The molecule has 0 bridgehead atoms. The van der Waals surface area contributed by atoms with E-state index in [9.17, 15) is 19.2 Å². The fraction of sp³-hybridized carbons (Fsp3) is 0.458. The van der Waals surface area contributed by atoms with Gasteiger partial charge in [-0.25, -0.2) is 4.42 Å². The molecule has 3 aliphatic rings. The third-order valence-corrected chi connectivity index (χ3v) is 7.66. The monoisotopic (exact) mass is 498 g/mol. The second-order valence-corrected chi connectivity index (χ2v) is 10.3. The molecule has 4 heterocycles. The first kappa shape index (κ1) is 23.5. The van der Waals surface area contributed by atoms with Crippen LogP contribution in [-0.2, 0) is 16.1 Å². The Morgan fingerprint density at radius 3 is 2.71 bits per heavy atom. The van der Waals surface area contributed by atoms with Crippen molar-refractivity contribution in [3.8, 4) is 0 Å². The number of hydrogen-bond donors (Lipinski definition) is 2. The highest BCUT2D eigenvalue weighted by molar-refractivity contribution is 6.25. The Morgan fingerprint density at radius 1 is 1.17 bits per heavy atom. The van der Waals surface area contributed by atoms with Crippen LogP contribution in [0.4, 0.5) is 5.69 Å². The van der Waals surface area contributed by atoms with Crippen molar-refractivity contribution < 1.29 is 19.2 Å². The van der Waals surface area contributed by atoms with Gasteiger partial charge in [0.2, 0.25) is 11.8 Å². The summed E-state index contributed by atoms with van der Waals surface area (Å²) in [6, 6.07) is 4.27. The zero-order valence-electron chi connectivity index (χ0n) is 19.6. The molecule has 0 saturated carbocycles. The first-order valence-corrected chi connectivity index (χ1v) is 12.0. The lowest BCUT2D eigenvalue weighted by atomic mass is 9.89. The van der Waals surface area contributed by atoms with Crippen LogP contribution in [0.2, 0.25) is 0 Å². The van der Waals surface area contributed by atoms with Gasteiger partial charge < -0.3 is 5.32 Å². The van der Waals surface area contributed by atoms with Gasteiger partial charge in [0.15, 0.2) is 0 Å². The lowest BCUT2D eigenvalue weighted by Crippen LogP contribution is -2.54. The van der Waals surface area contributed by atoms with Gasteiger partial charge in [0.1, 0.15) is 6.04 Å². The van der Waals surface area contributed by atoms with Crippen molar-refractivity contribution in [3.63, 3.8) is 0 Å². The molecule has 2 atom stereocenters. The van der Waals surface area contributed by atoms with Gasteiger partial charge in [-0.3, -0.25) is 34.1 Å². The Kier molecular flexibility index (Phi) is 5.88. The summed E-state index contributed by atoms with van der Waals surface area (Å²) in [5.74, 6) is -2.08. The molecular formula is C24H27ClN6O4. The number of halogens is 1. The molecule has 5 rings (SSSR count). The van der Waals surface area contributed by atoms with E-state index in [2.05, 4.69) is 29.6 Å². The second kappa shape index (κ2) is 8.76. The molecule has 1 aromatic heterocycles. The van der Waals surface area contributed by atoms with E-state index >= 15 is 0 Å². The SMILES string of the molecule is CC1(C)CC(n2cc(CNc3cccc4c3C(=O)N(C3CCC(=O)NC3=O)C4=O)cn2)CCN1Cl. The van der Waals surface area contributed by atoms with Crippen LogP contribution >= 0.6 is 11.8 Å². The van der Waals surface area contributed by atoms with Crippen molar-refractivity contribution in [2.45, 2.75) is 63.7 Å². The molecule has 3 aliphatic heterocycles.